The molecule has 0 heterocycles. The van der Waals surface area contributed by atoms with Crippen molar-refractivity contribution in [2.75, 3.05) is 19.8 Å². The Hall–Kier alpha value is 0.194. The van der Waals surface area contributed by atoms with Crippen molar-refractivity contribution in [1.29, 1.82) is 0 Å². The molecule has 0 radical (unpaired) electrons. The molecular weight excluding hydrogens is 380 g/mol. The van der Waals surface area contributed by atoms with Crippen molar-refractivity contribution in [1.82, 2.24) is 0 Å². The fraction of sp³-hybridized carbons (Fsp3) is 1.00. The summed E-state index contributed by atoms with van der Waals surface area (Å²) >= 11 is 0. The highest BCUT2D eigenvalue weighted by atomic mass is 28.4. The first-order valence-corrected chi connectivity index (χ1v) is 14.4. The average molecular weight is 427 g/mol. The summed E-state index contributed by atoms with van der Waals surface area (Å²) in [5.74, 6) is 0. The Morgan fingerprint density at radius 1 is 0.481 bits per heavy atom. The van der Waals surface area contributed by atoms with E-state index in [2.05, 4.69) is 6.92 Å². The molecule has 0 saturated heterocycles. The van der Waals surface area contributed by atoms with Crippen LogP contribution in [0.1, 0.15) is 76.2 Å². The van der Waals surface area contributed by atoms with E-state index < -0.39 is 17.6 Å². The van der Waals surface area contributed by atoms with Gasteiger partial charge >= 0.3 is 17.6 Å². The minimum Gasteiger partial charge on any atom is -0.374 e. The van der Waals surface area contributed by atoms with Gasteiger partial charge in [0.2, 0.25) is 0 Å². The van der Waals surface area contributed by atoms with Crippen LogP contribution in [0.4, 0.5) is 0 Å². The van der Waals surface area contributed by atoms with Crippen LogP contribution in [0.3, 0.4) is 0 Å². The van der Waals surface area contributed by atoms with Gasteiger partial charge < -0.3 is 26.6 Å². The van der Waals surface area contributed by atoms with Crippen LogP contribution in [0.15, 0.2) is 0 Å². The molecule has 0 amide bonds. The van der Waals surface area contributed by atoms with Crippen LogP contribution in [0.25, 0.3) is 0 Å². The van der Waals surface area contributed by atoms with E-state index in [-0.39, 0.29) is 18.3 Å². The van der Waals surface area contributed by atoms with Gasteiger partial charge in [0, 0.05) is 50.2 Å². The van der Waals surface area contributed by atoms with Crippen LogP contribution >= 0.6 is 0 Å². The van der Waals surface area contributed by atoms with E-state index in [1.165, 1.54) is 0 Å². The molecule has 6 nitrogen and oxygen atoms in total. The second kappa shape index (κ2) is 16.0. The summed E-state index contributed by atoms with van der Waals surface area (Å²) in [6, 6.07) is 1.67. The molecule has 0 aliphatic carbocycles. The molecule has 0 fully saturated rings. The molecule has 27 heavy (non-hydrogen) atoms. The van der Waals surface area contributed by atoms with Gasteiger partial charge in [0.1, 0.15) is 0 Å². The van der Waals surface area contributed by atoms with Crippen molar-refractivity contribution in [3.05, 3.63) is 0 Å². The molecular formula is C19H46O6Si2. The van der Waals surface area contributed by atoms with E-state index in [4.69, 9.17) is 26.6 Å². The lowest BCUT2D eigenvalue weighted by Gasteiger charge is -2.33. The second-order valence-corrected chi connectivity index (χ2v) is 12.6. The predicted octanol–water partition coefficient (Wildman–Crippen LogP) is 5.27. The summed E-state index contributed by atoms with van der Waals surface area (Å²) in [4.78, 5) is 0. The highest BCUT2D eigenvalue weighted by molar-refractivity contribution is 6.61. The zero-order valence-corrected chi connectivity index (χ0v) is 21.7. The standard InChI is InChI=1S/C11H26O3Si.C8H20O3Si/c1-8-15(12-9(2)3,13-10(4)5)14-11(6)7;1-5-9-12(8-4,10-6-2)11-7-3/h9-11H,8H2,1-7H3;5-8H2,1-4H3. The first-order valence-electron chi connectivity index (χ1n) is 10.5. The Morgan fingerprint density at radius 3 is 0.889 bits per heavy atom. The third-order valence-electron chi connectivity index (χ3n) is 3.20. The number of rotatable bonds is 14. The lowest BCUT2D eigenvalue weighted by molar-refractivity contribution is 0.00416. The maximum atomic E-state index is 5.90. The number of hydrogen-bond donors (Lipinski definition) is 0. The third kappa shape index (κ3) is 13.9. The van der Waals surface area contributed by atoms with Gasteiger partial charge in [0.25, 0.3) is 0 Å². The smallest absolute Gasteiger partial charge is 0.374 e. The summed E-state index contributed by atoms with van der Waals surface area (Å²) in [6.07, 6.45) is 0.442. The van der Waals surface area contributed by atoms with Crippen LogP contribution in [0.2, 0.25) is 12.1 Å². The summed E-state index contributed by atoms with van der Waals surface area (Å²) in [5.41, 5.74) is 0. The molecule has 0 saturated carbocycles. The van der Waals surface area contributed by atoms with Crippen molar-refractivity contribution in [2.24, 2.45) is 0 Å². The van der Waals surface area contributed by atoms with Gasteiger partial charge in [-0.25, -0.2) is 0 Å². The molecule has 0 aromatic heterocycles. The minimum absolute atomic E-state index is 0.147. The largest absolute Gasteiger partial charge is 0.501 e. The summed E-state index contributed by atoms with van der Waals surface area (Å²) in [5, 5.41) is 0. The predicted molar refractivity (Wildman–Crippen MR) is 116 cm³/mol. The molecule has 0 atom stereocenters. The van der Waals surface area contributed by atoms with Crippen LogP contribution < -0.4 is 0 Å². The van der Waals surface area contributed by atoms with Gasteiger partial charge in [-0.2, -0.15) is 0 Å². The van der Waals surface area contributed by atoms with Gasteiger partial charge in [-0.05, 0) is 62.3 Å². The fourth-order valence-corrected chi connectivity index (χ4v) is 7.50. The van der Waals surface area contributed by atoms with Gasteiger partial charge in [-0.1, -0.05) is 13.8 Å². The minimum atomic E-state index is -2.46. The number of hydrogen-bond acceptors (Lipinski definition) is 6. The van der Waals surface area contributed by atoms with Gasteiger partial charge in [-0.3, -0.25) is 0 Å². The first-order chi connectivity index (χ1) is 12.6. The van der Waals surface area contributed by atoms with Gasteiger partial charge in [0.05, 0.1) is 0 Å². The molecule has 0 N–H and O–H groups in total. The van der Waals surface area contributed by atoms with Crippen molar-refractivity contribution < 1.29 is 26.6 Å². The fourth-order valence-electron chi connectivity index (χ4n) is 2.50. The topological polar surface area (TPSA) is 55.4 Å². The lowest BCUT2D eigenvalue weighted by Crippen LogP contribution is -2.50. The van der Waals surface area contributed by atoms with E-state index >= 15 is 0 Å². The zero-order valence-electron chi connectivity index (χ0n) is 19.7. The van der Waals surface area contributed by atoms with Gasteiger partial charge in [0.15, 0.2) is 0 Å². The third-order valence-corrected chi connectivity index (χ3v) is 9.61. The Bertz CT molecular complexity index is 297. The van der Waals surface area contributed by atoms with Crippen molar-refractivity contribution in [3.8, 4) is 0 Å². The normalized spacial score (nSPS) is 12.7. The zero-order chi connectivity index (χ0) is 21.5. The Balaban J connectivity index is 0. The van der Waals surface area contributed by atoms with Crippen molar-refractivity contribution in [3.63, 3.8) is 0 Å². The Labute approximate surface area is 170 Å². The average Bonchev–Trinajstić information content (AvgIpc) is 2.54. The molecule has 0 aromatic rings. The van der Waals surface area contributed by atoms with E-state index in [1.807, 2.05) is 69.2 Å². The first kappa shape index (κ1) is 29.4. The van der Waals surface area contributed by atoms with Gasteiger partial charge in [-0.15, -0.1) is 0 Å². The molecule has 8 heteroatoms. The van der Waals surface area contributed by atoms with Crippen molar-refractivity contribution >= 4 is 17.6 Å². The molecule has 0 aliphatic rings. The van der Waals surface area contributed by atoms with E-state index in [9.17, 15) is 0 Å². The van der Waals surface area contributed by atoms with E-state index in [0.717, 1.165) is 12.1 Å². The van der Waals surface area contributed by atoms with Crippen molar-refractivity contribution in [2.45, 2.75) is 107 Å². The molecule has 0 rings (SSSR count). The molecule has 0 bridgehead atoms. The molecule has 0 aliphatic heterocycles. The SMILES string of the molecule is CCO[Si](CC)(OCC)OCC.CC[Si](OC(C)C)(OC(C)C)OC(C)C. The van der Waals surface area contributed by atoms with Crippen LogP contribution in [-0.2, 0) is 26.6 Å². The second-order valence-electron chi connectivity index (χ2n) is 6.87. The highest BCUT2D eigenvalue weighted by Crippen LogP contribution is 2.21. The maximum Gasteiger partial charge on any atom is 0.501 e. The maximum absolute atomic E-state index is 5.90. The molecule has 166 valence electrons. The summed E-state index contributed by atoms with van der Waals surface area (Å²) in [6.45, 7) is 24.1. The molecule has 0 aromatic carbocycles. The Morgan fingerprint density at radius 2 is 0.741 bits per heavy atom. The summed E-state index contributed by atoms with van der Waals surface area (Å²) in [7, 11) is -4.73. The van der Waals surface area contributed by atoms with E-state index in [0.29, 0.717) is 19.8 Å². The van der Waals surface area contributed by atoms with Crippen LogP contribution in [-0.4, -0.2) is 55.7 Å². The quantitative estimate of drug-likeness (QED) is 0.352. The molecule has 0 unspecified atom stereocenters. The molecule has 0 spiro atoms. The summed E-state index contributed by atoms with van der Waals surface area (Å²) < 4.78 is 34.4. The van der Waals surface area contributed by atoms with Crippen LogP contribution in [0, 0.1) is 0 Å². The van der Waals surface area contributed by atoms with Crippen LogP contribution in [0.5, 0.6) is 0 Å². The Kier molecular flexibility index (Phi) is 17.5. The highest BCUT2D eigenvalue weighted by Gasteiger charge is 2.42. The lowest BCUT2D eigenvalue weighted by atomic mass is 10.5. The monoisotopic (exact) mass is 426 g/mol. The van der Waals surface area contributed by atoms with E-state index in [1.54, 1.807) is 0 Å².